The fourth-order valence-electron chi connectivity index (χ4n) is 1.70. The molecule has 0 aromatic heterocycles. The second-order valence-electron chi connectivity index (χ2n) is 4.61. The minimum absolute atomic E-state index is 0.323. The molecular formula is C11H24N2S. The first-order valence-corrected chi connectivity index (χ1v) is 6.74. The summed E-state index contributed by atoms with van der Waals surface area (Å²) in [5.74, 6) is 1.90. The van der Waals surface area contributed by atoms with Crippen molar-refractivity contribution in [2.24, 2.45) is 11.7 Å². The van der Waals surface area contributed by atoms with E-state index in [0.717, 1.165) is 5.25 Å². The summed E-state index contributed by atoms with van der Waals surface area (Å²) in [6.07, 6.45) is 1.33. The fourth-order valence-corrected chi connectivity index (χ4v) is 2.74. The molecule has 1 saturated heterocycles. The lowest BCUT2D eigenvalue weighted by molar-refractivity contribution is 0.238. The molecule has 1 fully saturated rings. The molecule has 1 aliphatic rings. The van der Waals surface area contributed by atoms with Gasteiger partial charge in [-0.1, -0.05) is 13.8 Å². The zero-order valence-corrected chi connectivity index (χ0v) is 10.5. The zero-order chi connectivity index (χ0) is 10.6. The molecule has 84 valence electrons. The van der Waals surface area contributed by atoms with Crippen LogP contribution in [0.3, 0.4) is 0 Å². The van der Waals surface area contributed by atoms with Gasteiger partial charge in [0.25, 0.3) is 0 Å². The highest BCUT2D eigenvalue weighted by atomic mass is 32.2. The number of nitrogens with zero attached hydrogens (tertiary/aromatic N) is 1. The molecule has 0 aromatic rings. The van der Waals surface area contributed by atoms with Crippen molar-refractivity contribution >= 4 is 11.8 Å². The SMILES string of the molecule is CC1CCN(CC(C)C(C)N)CCS1. The molecule has 0 spiro atoms. The number of thioether (sulfide) groups is 1. The summed E-state index contributed by atoms with van der Waals surface area (Å²) in [5, 5.41) is 0.839. The normalized spacial score (nSPS) is 29.6. The highest BCUT2D eigenvalue weighted by molar-refractivity contribution is 7.99. The van der Waals surface area contributed by atoms with Crippen molar-refractivity contribution in [3.63, 3.8) is 0 Å². The smallest absolute Gasteiger partial charge is 0.00726 e. The van der Waals surface area contributed by atoms with Crippen molar-refractivity contribution < 1.29 is 0 Å². The van der Waals surface area contributed by atoms with Crippen molar-refractivity contribution in [3.8, 4) is 0 Å². The van der Waals surface area contributed by atoms with Gasteiger partial charge in [-0.25, -0.2) is 0 Å². The van der Waals surface area contributed by atoms with Crippen LogP contribution in [0.15, 0.2) is 0 Å². The summed E-state index contributed by atoms with van der Waals surface area (Å²) in [5.41, 5.74) is 5.89. The lowest BCUT2D eigenvalue weighted by Crippen LogP contribution is -2.37. The van der Waals surface area contributed by atoms with E-state index < -0.39 is 0 Å². The molecule has 2 N–H and O–H groups in total. The third kappa shape index (κ3) is 4.20. The molecule has 0 bridgehead atoms. The van der Waals surface area contributed by atoms with E-state index in [-0.39, 0.29) is 0 Å². The van der Waals surface area contributed by atoms with E-state index in [1.165, 1.54) is 31.8 Å². The first-order chi connectivity index (χ1) is 6.59. The van der Waals surface area contributed by atoms with Crippen molar-refractivity contribution in [2.45, 2.75) is 38.5 Å². The zero-order valence-electron chi connectivity index (χ0n) is 9.70. The third-order valence-corrected chi connectivity index (χ3v) is 4.33. The average molecular weight is 216 g/mol. The molecular weight excluding hydrogens is 192 g/mol. The Morgan fingerprint density at radius 1 is 1.43 bits per heavy atom. The summed E-state index contributed by atoms with van der Waals surface area (Å²) < 4.78 is 0. The predicted octanol–water partition coefficient (Wildman–Crippen LogP) is 1.80. The van der Waals surface area contributed by atoms with Crippen LogP contribution in [-0.4, -0.2) is 41.6 Å². The van der Waals surface area contributed by atoms with Crippen LogP contribution in [0.1, 0.15) is 27.2 Å². The Hall–Kier alpha value is 0.270. The van der Waals surface area contributed by atoms with E-state index in [0.29, 0.717) is 12.0 Å². The molecule has 2 nitrogen and oxygen atoms in total. The lowest BCUT2D eigenvalue weighted by atomic mass is 10.0. The van der Waals surface area contributed by atoms with Crippen LogP contribution in [0.25, 0.3) is 0 Å². The van der Waals surface area contributed by atoms with Gasteiger partial charge in [0.05, 0.1) is 0 Å². The summed E-state index contributed by atoms with van der Waals surface area (Å²) >= 11 is 2.11. The second kappa shape index (κ2) is 5.99. The second-order valence-corrected chi connectivity index (χ2v) is 6.15. The first-order valence-electron chi connectivity index (χ1n) is 5.69. The van der Waals surface area contributed by atoms with Crippen LogP contribution >= 0.6 is 11.8 Å². The van der Waals surface area contributed by atoms with Gasteiger partial charge in [-0.15, -0.1) is 0 Å². The third-order valence-electron chi connectivity index (χ3n) is 3.11. The lowest BCUT2D eigenvalue weighted by Gasteiger charge is -2.25. The van der Waals surface area contributed by atoms with Crippen LogP contribution in [0.4, 0.5) is 0 Å². The fraction of sp³-hybridized carbons (Fsp3) is 1.00. The maximum atomic E-state index is 5.89. The van der Waals surface area contributed by atoms with E-state index in [2.05, 4.69) is 37.4 Å². The van der Waals surface area contributed by atoms with Gasteiger partial charge >= 0.3 is 0 Å². The molecule has 3 unspecified atom stereocenters. The Bertz CT molecular complexity index is 161. The predicted molar refractivity (Wildman–Crippen MR) is 65.8 cm³/mol. The number of hydrogen-bond acceptors (Lipinski definition) is 3. The van der Waals surface area contributed by atoms with Gasteiger partial charge < -0.3 is 10.6 Å². The summed E-state index contributed by atoms with van der Waals surface area (Å²) in [4.78, 5) is 2.57. The highest BCUT2D eigenvalue weighted by Gasteiger charge is 2.17. The standard InChI is InChI=1S/C11H24N2S/c1-9(11(3)12)8-13-5-4-10(2)14-7-6-13/h9-11H,4-8,12H2,1-3H3. The van der Waals surface area contributed by atoms with E-state index in [1.807, 2.05) is 0 Å². The monoisotopic (exact) mass is 216 g/mol. The van der Waals surface area contributed by atoms with E-state index in [9.17, 15) is 0 Å². The van der Waals surface area contributed by atoms with E-state index in [1.54, 1.807) is 0 Å². The van der Waals surface area contributed by atoms with Gasteiger partial charge in [-0.2, -0.15) is 11.8 Å². The minimum atomic E-state index is 0.323. The number of rotatable bonds is 3. The van der Waals surface area contributed by atoms with Gasteiger partial charge in [-0.3, -0.25) is 0 Å². The van der Waals surface area contributed by atoms with Crippen LogP contribution in [0, 0.1) is 5.92 Å². The summed E-state index contributed by atoms with van der Waals surface area (Å²) in [6.45, 7) is 10.4. The van der Waals surface area contributed by atoms with Gasteiger partial charge in [0, 0.05) is 30.1 Å². The summed E-state index contributed by atoms with van der Waals surface area (Å²) in [7, 11) is 0. The Balaban J connectivity index is 2.30. The van der Waals surface area contributed by atoms with Crippen molar-refractivity contribution in [1.82, 2.24) is 4.90 Å². The van der Waals surface area contributed by atoms with Crippen molar-refractivity contribution in [3.05, 3.63) is 0 Å². The highest BCUT2D eigenvalue weighted by Crippen LogP contribution is 2.19. The van der Waals surface area contributed by atoms with Crippen LogP contribution in [-0.2, 0) is 0 Å². The van der Waals surface area contributed by atoms with Crippen LogP contribution in [0.5, 0.6) is 0 Å². The van der Waals surface area contributed by atoms with E-state index in [4.69, 9.17) is 5.73 Å². The molecule has 14 heavy (non-hydrogen) atoms. The topological polar surface area (TPSA) is 29.3 Å². The van der Waals surface area contributed by atoms with Gasteiger partial charge in [0.2, 0.25) is 0 Å². The molecule has 0 saturated carbocycles. The summed E-state index contributed by atoms with van der Waals surface area (Å²) in [6, 6.07) is 0.323. The quantitative estimate of drug-likeness (QED) is 0.780. The number of hydrogen-bond donors (Lipinski definition) is 1. The Morgan fingerprint density at radius 3 is 2.79 bits per heavy atom. The number of nitrogens with two attached hydrogens (primary N) is 1. The molecule has 0 amide bonds. The van der Waals surface area contributed by atoms with Crippen molar-refractivity contribution in [1.29, 1.82) is 0 Å². The first kappa shape index (κ1) is 12.3. The van der Waals surface area contributed by atoms with E-state index >= 15 is 0 Å². The van der Waals surface area contributed by atoms with Gasteiger partial charge in [-0.05, 0) is 25.8 Å². The molecule has 1 heterocycles. The molecule has 3 atom stereocenters. The maximum Gasteiger partial charge on any atom is 0.00726 e. The van der Waals surface area contributed by atoms with Gasteiger partial charge in [0.1, 0.15) is 0 Å². The van der Waals surface area contributed by atoms with Gasteiger partial charge in [0.15, 0.2) is 0 Å². The minimum Gasteiger partial charge on any atom is -0.328 e. The molecule has 0 radical (unpaired) electrons. The maximum absolute atomic E-state index is 5.89. The average Bonchev–Trinajstić information content (AvgIpc) is 2.31. The molecule has 0 aromatic carbocycles. The largest absolute Gasteiger partial charge is 0.328 e. The van der Waals surface area contributed by atoms with Crippen LogP contribution < -0.4 is 5.73 Å². The Morgan fingerprint density at radius 2 is 2.14 bits per heavy atom. The molecule has 3 heteroatoms. The Labute approximate surface area is 92.6 Å². The Kier molecular flexibility index (Phi) is 5.28. The van der Waals surface area contributed by atoms with Crippen molar-refractivity contribution in [2.75, 3.05) is 25.4 Å². The molecule has 0 aliphatic carbocycles. The molecule has 1 aliphatic heterocycles. The van der Waals surface area contributed by atoms with Crippen LogP contribution in [0.2, 0.25) is 0 Å². The molecule has 1 rings (SSSR count).